The summed E-state index contributed by atoms with van der Waals surface area (Å²) in [5.74, 6) is 1.17. The Balaban J connectivity index is 1.72. The Morgan fingerprint density at radius 1 is 0.885 bits per heavy atom. The smallest absolute Gasteiger partial charge is 0.229 e. The lowest BCUT2D eigenvalue weighted by Crippen LogP contribution is -2.60. The molecule has 0 amide bonds. The second-order valence-electron chi connectivity index (χ2n) is 6.07. The lowest BCUT2D eigenvalue weighted by atomic mass is 9.99. The van der Waals surface area contributed by atoms with Crippen LogP contribution in [0, 0.1) is 0 Å². The molecule has 26 heavy (non-hydrogen) atoms. The fourth-order valence-electron chi connectivity index (χ4n) is 2.83. The normalized spacial score (nSPS) is 28.6. The summed E-state index contributed by atoms with van der Waals surface area (Å²) < 4.78 is 16.1. The Morgan fingerprint density at radius 3 is 2.27 bits per heavy atom. The van der Waals surface area contributed by atoms with Gasteiger partial charge in [-0.3, -0.25) is 0 Å². The van der Waals surface area contributed by atoms with Crippen molar-refractivity contribution in [3.05, 3.63) is 48.5 Å². The zero-order chi connectivity index (χ0) is 18.7. The van der Waals surface area contributed by atoms with Gasteiger partial charge in [-0.05, 0) is 35.4 Å². The van der Waals surface area contributed by atoms with Crippen LogP contribution in [0.25, 0.3) is 11.1 Å². The van der Waals surface area contributed by atoms with Gasteiger partial charge in [0.2, 0.25) is 6.29 Å². The molecule has 0 bridgehead atoms. The van der Waals surface area contributed by atoms with Gasteiger partial charge in [0, 0.05) is 0 Å². The molecule has 140 valence electrons. The number of aliphatic hydroxyl groups is 4. The van der Waals surface area contributed by atoms with Crippen LogP contribution in [-0.4, -0.2) is 64.8 Å². The molecule has 4 N–H and O–H groups in total. The van der Waals surface area contributed by atoms with Crippen LogP contribution in [-0.2, 0) is 4.74 Å². The van der Waals surface area contributed by atoms with E-state index in [9.17, 15) is 20.4 Å². The van der Waals surface area contributed by atoms with Gasteiger partial charge < -0.3 is 34.6 Å². The van der Waals surface area contributed by atoms with Crippen LogP contribution >= 0.6 is 0 Å². The van der Waals surface area contributed by atoms with Crippen LogP contribution in [0.3, 0.4) is 0 Å². The van der Waals surface area contributed by atoms with E-state index < -0.39 is 37.3 Å². The molecule has 0 radical (unpaired) electrons. The van der Waals surface area contributed by atoms with Crippen molar-refractivity contribution in [1.29, 1.82) is 0 Å². The Hall–Kier alpha value is -2.16. The summed E-state index contributed by atoms with van der Waals surface area (Å²) in [5, 5.41) is 38.8. The van der Waals surface area contributed by atoms with E-state index in [-0.39, 0.29) is 0 Å². The first-order chi connectivity index (χ1) is 12.5. The van der Waals surface area contributed by atoms with E-state index in [1.54, 1.807) is 19.2 Å². The molecule has 5 unspecified atom stereocenters. The van der Waals surface area contributed by atoms with Crippen molar-refractivity contribution in [2.75, 3.05) is 13.7 Å². The van der Waals surface area contributed by atoms with Crippen LogP contribution in [0.15, 0.2) is 48.5 Å². The van der Waals surface area contributed by atoms with E-state index in [1.807, 2.05) is 36.4 Å². The van der Waals surface area contributed by atoms with Gasteiger partial charge in [-0.2, -0.15) is 0 Å². The van der Waals surface area contributed by atoms with Gasteiger partial charge >= 0.3 is 0 Å². The van der Waals surface area contributed by atoms with E-state index in [2.05, 4.69) is 0 Å². The zero-order valence-electron chi connectivity index (χ0n) is 14.2. The number of rotatable bonds is 5. The minimum atomic E-state index is -1.47. The quantitative estimate of drug-likeness (QED) is 0.615. The molecule has 2 aromatic rings. The van der Waals surface area contributed by atoms with Crippen molar-refractivity contribution in [3.8, 4) is 22.6 Å². The van der Waals surface area contributed by atoms with Gasteiger partial charge in [-0.25, -0.2) is 0 Å². The average molecular weight is 362 g/mol. The maximum atomic E-state index is 10.0. The van der Waals surface area contributed by atoms with Crippen molar-refractivity contribution in [1.82, 2.24) is 0 Å². The highest BCUT2D eigenvalue weighted by Crippen LogP contribution is 2.28. The van der Waals surface area contributed by atoms with E-state index in [4.69, 9.17) is 14.2 Å². The summed E-state index contributed by atoms with van der Waals surface area (Å²) in [6.07, 6.45) is -6.53. The highest BCUT2D eigenvalue weighted by molar-refractivity contribution is 5.65. The number of ether oxygens (including phenoxy) is 3. The summed E-state index contributed by atoms with van der Waals surface area (Å²) in [6, 6.07) is 14.7. The number of aliphatic hydroxyl groups excluding tert-OH is 4. The highest BCUT2D eigenvalue weighted by atomic mass is 16.7. The number of hydrogen-bond acceptors (Lipinski definition) is 7. The molecule has 0 aromatic heterocycles. The van der Waals surface area contributed by atoms with Crippen LogP contribution < -0.4 is 9.47 Å². The van der Waals surface area contributed by atoms with Gasteiger partial charge in [0.25, 0.3) is 0 Å². The molecule has 1 heterocycles. The fourth-order valence-corrected chi connectivity index (χ4v) is 2.83. The van der Waals surface area contributed by atoms with E-state index >= 15 is 0 Å². The topological polar surface area (TPSA) is 109 Å². The Bertz CT molecular complexity index is 716. The predicted octanol–water partition coefficient (Wildman–Crippen LogP) is 0.541. The Labute approximate surface area is 151 Å². The molecule has 7 nitrogen and oxygen atoms in total. The third kappa shape index (κ3) is 3.82. The maximum Gasteiger partial charge on any atom is 0.229 e. The SMILES string of the molecule is COc1cccc(-c2ccc(OC3OC(CO)C(O)C(O)C3O)cc2)c1. The van der Waals surface area contributed by atoms with Gasteiger partial charge in [-0.1, -0.05) is 24.3 Å². The molecule has 5 atom stereocenters. The molecule has 7 heteroatoms. The first-order valence-corrected chi connectivity index (χ1v) is 8.25. The van der Waals surface area contributed by atoms with E-state index in [0.29, 0.717) is 5.75 Å². The Morgan fingerprint density at radius 2 is 1.62 bits per heavy atom. The molecule has 1 fully saturated rings. The summed E-state index contributed by atoms with van der Waals surface area (Å²) >= 11 is 0. The Kier molecular flexibility index (Phi) is 5.75. The van der Waals surface area contributed by atoms with Crippen molar-refractivity contribution in [2.24, 2.45) is 0 Å². The molecule has 1 aliphatic heterocycles. The van der Waals surface area contributed by atoms with Crippen LogP contribution in [0.4, 0.5) is 0 Å². The van der Waals surface area contributed by atoms with Crippen molar-refractivity contribution >= 4 is 0 Å². The minimum Gasteiger partial charge on any atom is -0.497 e. The van der Waals surface area contributed by atoms with Crippen LogP contribution in [0.5, 0.6) is 11.5 Å². The fraction of sp³-hybridized carbons (Fsp3) is 0.368. The third-order valence-electron chi connectivity index (χ3n) is 4.36. The molecule has 1 saturated heterocycles. The molecule has 0 saturated carbocycles. The predicted molar refractivity (Wildman–Crippen MR) is 92.8 cm³/mol. The number of hydrogen-bond donors (Lipinski definition) is 4. The minimum absolute atomic E-state index is 0.418. The second kappa shape index (κ2) is 8.03. The zero-order valence-corrected chi connectivity index (χ0v) is 14.2. The van der Waals surface area contributed by atoms with Gasteiger partial charge in [0.1, 0.15) is 35.9 Å². The molecule has 1 aliphatic rings. The van der Waals surface area contributed by atoms with Crippen LogP contribution in [0.1, 0.15) is 0 Å². The first kappa shape index (κ1) is 18.6. The van der Waals surface area contributed by atoms with E-state index in [1.165, 1.54) is 0 Å². The molecule has 0 spiro atoms. The average Bonchev–Trinajstić information content (AvgIpc) is 2.69. The first-order valence-electron chi connectivity index (χ1n) is 8.25. The summed E-state index contributed by atoms with van der Waals surface area (Å²) in [4.78, 5) is 0. The maximum absolute atomic E-state index is 10.0. The number of methoxy groups -OCH3 is 1. The van der Waals surface area contributed by atoms with Gasteiger partial charge in [-0.15, -0.1) is 0 Å². The molecular formula is C19H22O7. The van der Waals surface area contributed by atoms with E-state index in [0.717, 1.165) is 16.9 Å². The van der Waals surface area contributed by atoms with Crippen LogP contribution in [0.2, 0.25) is 0 Å². The molecule has 0 aliphatic carbocycles. The molecule has 3 rings (SSSR count). The molecular weight excluding hydrogens is 340 g/mol. The van der Waals surface area contributed by atoms with Crippen molar-refractivity contribution < 1.29 is 34.6 Å². The summed E-state index contributed by atoms with van der Waals surface area (Å²) in [6.45, 7) is -0.500. The second-order valence-corrected chi connectivity index (χ2v) is 6.07. The van der Waals surface area contributed by atoms with Crippen molar-refractivity contribution in [2.45, 2.75) is 30.7 Å². The largest absolute Gasteiger partial charge is 0.497 e. The van der Waals surface area contributed by atoms with Gasteiger partial charge in [0.05, 0.1) is 13.7 Å². The summed E-state index contributed by atoms with van der Waals surface area (Å²) in [5.41, 5.74) is 1.92. The number of benzene rings is 2. The van der Waals surface area contributed by atoms with Gasteiger partial charge in [0.15, 0.2) is 0 Å². The van der Waals surface area contributed by atoms with Crippen molar-refractivity contribution in [3.63, 3.8) is 0 Å². The third-order valence-corrected chi connectivity index (χ3v) is 4.36. The lowest BCUT2D eigenvalue weighted by Gasteiger charge is -2.39. The lowest BCUT2D eigenvalue weighted by molar-refractivity contribution is -0.277. The standard InChI is InChI=1S/C19H22O7/c1-24-14-4-2-3-12(9-14)11-5-7-13(8-6-11)25-19-18(23)17(22)16(21)15(10-20)26-19/h2-9,15-23H,10H2,1H3. The summed E-state index contributed by atoms with van der Waals surface area (Å²) in [7, 11) is 1.61. The molecule has 2 aromatic carbocycles. The monoisotopic (exact) mass is 362 g/mol. The highest BCUT2D eigenvalue weighted by Gasteiger charge is 2.44.